The van der Waals surface area contributed by atoms with Crippen LogP contribution in [-0.4, -0.2) is 36.6 Å². The summed E-state index contributed by atoms with van der Waals surface area (Å²) < 4.78 is 4.86. The van der Waals surface area contributed by atoms with E-state index in [-0.39, 0.29) is 18.6 Å². The van der Waals surface area contributed by atoms with E-state index in [9.17, 15) is 9.59 Å². The summed E-state index contributed by atoms with van der Waals surface area (Å²) in [6, 6.07) is 8.19. The molecule has 2 amide bonds. The second kappa shape index (κ2) is 8.56. The SMILES string of the molecule is CCOC(=O)CNC(=O)N1CCCCC[C@@H]1c1cccc(C)c1. The van der Waals surface area contributed by atoms with Crippen LogP contribution in [0.25, 0.3) is 0 Å². The molecule has 1 saturated heterocycles. The lowest BCUT2D eigenvalue weighted by molar-refractivity contribution is -0.141. The molecule has 1 heterocycles. The molecule has 1 aliphatic rings. The zero-order valence-electron chi connectivity index (χ0n) is 14.0. The van der Waals surface area contributed by atoms with Crippen molar-refractivity contribution < 1.29 is 14.3 Å². The fourth-order valence-electron chi connectivity index (χ4n) is 3.04. The van der Waals surface area contributed by atoms with Crippen LogP contribution in [0.4, 0.5) is 4.79 Å². The summed E-state index contributed by atoms with van der Waals surface area (Å²) in [5.74, 6) is -0.400. The lowest BCUT2D eigenvalue weighted by Crippen LogP contribution is -2.44. The van der Waals surface area contributed by atoms with E-state index in [1.807, 2.05) is 11.0 Å². The smallest absolute Gasteiger partial charge is 0.325 e. The van der Waals surface area contributed by atoms with E-state index < -0.39 is 5.97 Å². The normalized spacial score (nSPS) is 18.2. The Kier molecular flexibility index (Phi) is 6.44. The molecule has 5 nitrogen and oxygen atoms in total. The number of esters is 1. The number of nitrogens with zero attached hydrogens (tertiary/aromatic N) is 1. The Balaban J connectivity index is 2.08. The van der Waals surface area contributed by atoms with Gasteiger partial charge >= 0.3 is 12.0 Å². The Bertz CT molecular complexity index is 545. The van der Waals surface area contributed by atoms with Gasteiger partial charge in [0.1, 0.15) is 6.54 Å². The van der Waals surface area contributed by atoms with Crippen molar-refractivity contribution in [3.05, 3.63) is 35.4 Å². The molecule has 0 aliphatic carbocycles. The Morgan fingerprint density at radius 1 is 1.30 bits per heavy atom. The average Bonchev–Trinajstić information content (AvgIpc) is 2.79. The van der Waals surface area contributed by atoms with Gasteiger partial charge in [-0.15, -0.1) is 0 Å². The monoisotopic (exact) mass is 318 g/mol. The minimum absolute atomic E-state index is 0.0691. The van der Waals surface area contributed by atoms with Crippen molar-refractivity contribution in [3.8, 4) is 0 Å². The van der Waals surface area contributed by atoms with Crippen LogP contribution in [0.15, 0.2) is 24.3 Å². The molecule has 0 spiro atoms. The van der Waals surface area contributed by atoms with Crippen LogP contribution in [0.3, 0.4) is 0 Å². The van der Waals surface area contributed by atoms with Crippen molar-refractivity contribution in [1.82, 2.24) is 10.2 Å². The van der Waals surface area contributed by atoms with Crippen LogP contribution < -0.4 is 5.32 Å². The van der Waals surface area contributed by atoms with E-state index in [1.54, 1.807) is 6.92 Å². The minimum atomic E-state index is -0.400. The number of hydrogen-bond donors (Lipinski definition) is 1. The minimum Gasteiger partial charge on any atom is -0.465 e. The van der Waals surface area contributed by atoms with Gasteiger partial charge in [0.25, 0.3) is 0 Å². The Labute approximate surface area is 138 Å². The number of benzene rings is 1. The number of urea groups is 1. The molecule has 0 radical (unpaired) electrons. The van der Waals surface area contributed by atoms with Crippen LogP contribution in [-0.2, 0) is 9.53 Å². The molecule has 23 heavy (non-hydrogen) atoms. The van der Waals surface area contributed by atoms with Gasteiger partial charge in [0, 0.05) is 6.54 Å². The molecule has 1 N–H and O–H groups in total. The molecule has 0 unspecified atom stereocenters. The number of ether oxygens (including phenoxy) is 1. The maximum Gasteiger partial charge on any atom is 0.325 e. The lowest BCUT2D eigenvalue weighted by atomic mass is 9.99. The molecule has 1 aliphatic heterocycles. The van der Waals surface area contributed by atoms with Gasteiger partial charge in [0.2, 0.25) is 0 Å². The fourth-order valence-corrected chi connectivity index (χ4v) is 3.04. The van der Waals surface area contributed by atoms with Gasteiger partial charge in [0.05, 0.1) is 12.6 Å². The number of amides is 2. The molecule has 2 rings (SSSR count). The van der Waals surface area contributed by atoms with Gasteiger partial charge in [0.15, 0.2) is 0 Å². The number of aryl methyl sites for hydroxylation is 1. The Morgan fingerprint density at radius 3 is 2.87 bits per heavy atom. The van der Waals surface area contributed by atoms with Crippen molar-refractivity contribution in [1.29, 1.82) is 0 Å². The maximum absolute atomic E-state index is 12.5. The lowest BCUT2D eigenvalue weighted by Gasteiger charge is -2.30. The van der Waals surface area contributed by atoms with Gasteiger partial charge in [-0.25, -0.2) is 4.79 Å². The molecule has 1 fully saturated rings. The van der Waals surface area contributed by atoms with Gasteiger partial charge in [-0.05, 0) is 32.3 Å². The number of rotatable bonds is 4. The van der Waals surface area contributed by atoms with Crippen LogP contribution in [0.2, 0.25) is 0 Å². The largest absolute Gasteiger partial charge is 0.465 e. The topological polar surface area (TPSA) is 58.6 Å². The third kappa shape index (κ3) is 4.98. The summed E-state index contributed by atoms with van der Waals surface area (Å²) in [6.07, 6.45) is 4.19. The van der Waals surface area contributed by atoms with Crippen LogP contribution in [0.5, 0.6) is 0 Å². The first kappa shape index (κ1) is 17.3. The summed E-state index contributed by atoms with van der Waals surface area (Å²) >= 11 is 0. The summed E-state index contributed by atoms with van der Waals surface area (Å²) in [7, 11) is 0. The molecule has 1 aromatic rings. The van der Waals surface area contributed by atoms with Crippen molar-refractivity contribution in [2.75, 3.05) is 19.7 Å². The molecule has 1 aromatic carbocycles. The molecule has 0 saturated carbocycles. The van der Waals surface area contributed by atoms with Crippen LogP contribution >= 0.6 is 0 Å². The number of hydrogen-bond acceptors (Lipinski definition) is 3. The summed E-state index contributed by atoms with van der Waals surface area (Å²) in [6.45, 7) is 4.77. The molecular weight excluding hydrogens is 292 g/mol. The first-order valence-corrected chi connectivity index (χ1v) is 8.38. The zero-order valence-corrected chi connectivity index (χ0v) is 14.0. The highest BCUT2D eigenvalue weighted by molar-refractivity contribution is 5.81. The third-order valence-electron chi connectivity index (χ3n) is 4.13. The van der Waals surface area contributed by atoms with Crippen LogP contribution in [0, 0.1) is 6.92 Å². The van der Waals surface area contributed by atoms with Gasteiger partial charge < -0.3 is 15.0 Å². The fraction of sp³-hybridized carbons (Fsp3) is 0.556. The molecular formula is C18H26N2O3. The average molecular weight is 318 g/mol. The highest BCUT2D eigenvalue weighted by Gasteiger charge is 2.27. The molecule has 126 valence electrons. The zero-order chi connectivity index (χ0) is 16.7. The van der Waals surface area contributed by atoms with Crippen LogP contribution in [0.1, 0.15) is 49.8 Å². The number of carbonyl (C=O) groups excluding carboxylic acids is 2. The summed E-state index contributed by atoms with van der Waals surface area (Å²) in [5, 5.41) is 2.69. The van der Waals surface area contributed by atoms with E-state index in [0.29, 0.717) is 13.2 Å². The van der Waals surface area contributed by atoms with Gasteiger partial charge in [-0.3, -0.25) is 4.79 Å². The first-order chi connectivity index (χ1) is 11.1. The summed E-state index contributed by atoms with van der Waals surface area (Å²) in [5.41, 5.74) is 2.36. The maximum atomic E-state index is 12.5. The number of carbonyl (C=O) groups is 2. The standard InChI is InChI=1S/C18H26N2O3/c1-3-23-17(21)13-19-18(22)20-11-6-4-5-10-16(20)15-9-7-8-14(2)12-15/h7-9,12,16H,3-6,10-11,13H2,1-2H3,(H,19,22)/t16-/m1/s1. The molecule has 5 heteroatoms. The molecule has 1 atom stereocenters. The number of nitrogens with one attached hydrogen (secondary N) is 1. The van der Waals surface area contributed by atoms with Crippen molar-refractivity contribution in [2.24, 2.45) is 0 Å². The second-order valence-electron chi connectivity index (χ2n) is 5.94. The second-order valence-corrected chi connectivity index (χ2v) is 5.94. The van der Waals surface area contributed by atoms with Crippen molar-refractivity contribution >= 4 is 12.0 Å². The third-order valence-corrected chi connectivity index (χ3v) is 4.13. The van der Waals surface area contributed by atoms with E-state index in [1.165, 1.54) is 5.56 Å². The summed E-state index contributed by atoms with van der Waals surface area (Å²) in [4.78, 5) is 25.8. The molecule has 0 bridgehead atoms. The van der Waals surface area contributed by atoms with Crippen molar-refractivity contribution in [3.63, 3.8) is 0 Å². The van der Waals surface area contributed by atoms with Crippen molar-refractivity contribution in [2.45, 2.75) is 45.6 Å². The molecule has 0 aromatic heterocycles. The van der Waals surface area contributed by atoms with Gasteiger partial charge in [-0.1, -0.05) is 42.7 Å². The highest BCUT2D eigenvalue weighted by Crippen LogP contribution is 2.30. The quantitative estimate of drug-likeness (QED) is 0.867. The Morgan fingerprint density at radius 2 is 2.13 bits per heavy atom. The highest BCUT2D eigenvalue weighted by atomic mass is 16.5. The van der Waals surface area contributed by atoms with Gasteiger partial charge in [-0.2, -0.15) is 0 Å². The first-order valence-electron chi connectivity index (χ1n) is 8.38. The number of likely N-dealkylation sites (tertiary alicyclic amines) is 1. The predicted octanol–water partition coefficient (Wildman–Crippen LogP) is 3.18. The van der Waals surface area contributed by atoms with E-state index in [4.69, 9.17) is 4.74 Å². The van der Waals surface area contributed by atoms with E-state index in [0.717, 1.165) is 31.2 Å². The Hall–Kier alpha value is -2.04. The predicted molar refractivity (Wildman–Crippen MR) is 89.1 cm³/mol. The van der Waals surface area contributed by atoms with E-state index in [2.05, 4.69) is 30.4 Å². The van der Waals surface area contributed by atoms with E-state index >= 15 is 0 Å².